The van der Waals surface area contributed by atoms with Crippen LogP contribution >= 0.6 is 22.9 Å². The molecule has 4 nitrogen and oxygen atoms in total. The molecule has 0 saturated carbocycles. The van der Waals surface area contributed by atoms with Crippen molar-refractivity contribution in [3.63, 3.8) is 0 Å². The van der Waals surface area contributed by atoms with Gasteiger partial charge in [0.1, 0.15) is 4.88 Å². The molecule has 130 valence electrons. The highest BCUT2D eigenvalue weighted by molar-refractivity contribution is 7.13. The normalized spacial score (nSPS) is 11.0. The van der Waals surface area contributed by atoms with E-state index in [4.69, 9.17) is 11.6 Å². The van der Waals surface area contributed by atoms with Crippen molar-refractivity contribution in [2.45, 2.75) is 13.8 Å². The third-order valence-electron chi connectivity index (χ3n) is 4.18. The molecule has 0 atom stereocenters. The molecule has 0 unspecified atom stereocenters. The van der Waals surface area contributed by atoms with Crippen molar-refractivity contribution < 1.29 is 4.79 Å². The van der Waals surface area contributed by atoms with Crippen LogP contribution in [0.5, 0.6) is 0 Å². The topological polar surface area (TPSA) is 39.8 Å². The smallest absolute Gasteiger partial charge is 0.290 e. The van der Waals surface area contributed by atoms with Crippen LogP contribution in [0.25, 0.3) is 16.8 Å². The zero-order valence-electron chi connectivity index (χ0n) is 14.3. The van der Waals surface area contributed by atoms with E-state index in [-0.39, 0.29) is 5.91 Å². The van der Waals surface area contributed by atoms with Crippen LogP contribution in [0.2, 0.25) is 5.02 Å². The van der Waals surface area contributed by atoms with Crippen molar-refractivity contribution in [3.05, 3.63) is 81.5 Å². The maximum Gasteiger partial charge on any atom is 0.290 e. The van der Waals surface area contributed by atoms with E-state index in [1.165, 1.54) is 16.0 Å². The summed E-state index contributed by atoms with van der Waals surface area (Å²) in [5.74, 6) is -0.121. The fourth-order valence-corrected chi connectivity index (χ4v) is 4.13. The lowest BCUT2D eigenvalue weighted by molar-refractivity contribution is 0.0946. The Hall–Kier alpha value is -2.63. The van der Waals surface area contributed by atoms with Crippen LogP contribution in [0.1, 0.15) is 21.1 Å². The van der Waals surface area contributed by atoms with E-state index in [9.17, 15) is 4.79 Å². The van der Waals surface area contributed by atoms with E-state index in [2.05, 4.69) is 5.10 Å². The maximum atomic E-state index is 13.2. The summed E-state index contributed by atoms with van der Waals surface area (Å²) in [5.41, 5.74) is 4.52. The number of hydrogen-bond acceptors (Lipinski definition) is 3. The van der Waals surface area contributed by atoms with E-state index in [1.807, 2.05) is 78.7 Å². The van der Waals surface area contributed by atoms with Crippen LogP contribution in [-0.4, -0.2) is 20.3 Å². The van der Waals surface area contributed by atoms with Gasteiger partial charge in [0, 0.05) is 34.1 Å². The average molecular weight is 382 g/mol. The van der Waals surface area contributed by atoms with Gasteiger partial charge in [0.15, 0.2) is 0 Å². The monoisotopic (exact) mass is 381 g/mol. The molecule has 0 N–H and O–H groups in total. The summed E-state index contributed by atoms with van der Waals surface area (Å²) in [7, 11) is 0. The van der Waals surface area contributed by atoms with Crippen molar-refractivity contribution in [1.82, 2.24) is 14.3 Å². The summed E-state index contributed by atoms with van der Waals surface area (Å²) in [5, 5.41) is 7.05. The Morgan fingerprint density at radius 2 is 1.81 bits per heavy atom. The van der Waals surface area contributed by atoms with Crippen LogP contribution in [-0.2, 0) is 0 Å². The van der Waals surface area contributed by atoms with Gasteiger partial charge < -0.3 is 4.57 Å². The predicted molar refractivity (Wildman–Crippen MR) is 106 cm³/mol. The molecular weight excluding hydrogens is 366 g/mol. The van der Waals surface area contributed by atoms with Crippen molar-refractivity contribution in [1.29, 1.82) is 0 Å². The summed E-state index contributed by atoms with van der Waals surface area (Å²) >= 11 is 7.46. The second-order valence-corrected chi connectivity index (χ2v) is 7.38. The first-order valence-corrected chi connectivity index (χ1v) is 9.39. The standard InChI is InChI=1S/C20H16ClN3OS/c1-13-11-14(2)24(22-13)20(25)19-18(23-9-3-4-10-23)17(12-26-19)15-5-7-16(21)8-6-15/h3-12H,1-2H3. The number of aryl methyl sites for hydroxylation is 2. The maximum absolute atomic E-state index is 13.2. The minimum atomic E-state index is -0.121. The Morgan fingerprint density at radius 3 is 2.42 bits per heavy atom. The van der Waals surface area contributed by atoms with Gasteiger partial charge in [-0.05, 0) is 49.7 Å². The van der Waals surface area contributed by atoms with Gasteiger partial charge in [-0.3, -0.25) is 4.79 Å². The minimum Gasteiger partial charge on any atom is -0.322 e. The molecule has 0 bridgehead atoms. The SMILES string of the molecule is Cc1cc(C)n(C(=O)c2scc(-c3ccc(Cl)cc3)c2-n2cccc2)n1. The summed E-state index contributed by atoms with van der Waals surface area (Å²) in [4.78, 5) is 13.8. The number of thiophene rings is 1. The van der Waals surface area contributed by atoms with Gasteiger partial charge in [-0.1, -0.05) is 23.7 Å². The number of carbonyl (C=O) groups is 1. The van der Waals surface area contributed by atoms with Gasteiger partial charge in [-0.25, -0.2) is 4.68 Å². The summed E-state index contributed by atoms with van der Waals surface area (Å²) in [6.45, 7) is 3.78. The van der Waals surface area contributed by atoms with Gasteiger partial charge in [-0.15, -0.1) is 11.3 Å². The van der Waals surface area contributed by atoms with E-state index in [1.54, 1.807) is 0 Å². The molecule has 4 aromatic rings. The molecule has 3 aromatic heterocycles. The van der Waals surface area contributed by atoms with Crippen molar-refractivity contribution in [3.8, 4) is 16.8 Å². The second-order valence-electron chi connectivity index (χ2n) is 6.07. The van der Waals surface area contributed by atoms with Gasteiger partial charge in [0.05, 0.1) is 11.4 Å². The lowest BCUT2D eigenvalue weighted by Crippen LogP contribution is -2.16. The number of benzene rings is 1. The first kappa shape index (κ1) is 16.8. The lowest BCUT2D eigenvalue weighted by Gasteiger charge is -2.10. The zero-order valence-corrected chi connectivity index (χ0v) is 15.9. The van der Waals surface area contributed by atoms with E-state index >= 15 is 0 Å². The van der Waals surface area contributed by atoms with Crippen LogP contribution in [0.15, 0.2) is 60.2 Å². The number of carbonyl (C=O) groups excluding carboxylic acids is 1. The molecule has 3 heterocycles. The summed E-state index contributed by atoms with van der Waals surface area (Å²) in [6, 6.07) is 13.4. The molecule has 0 spiro atoms. The minimum absolute atomic E-state index is 0.121. The first-order chi connectivity index (χ1) is 12.5. The lowest BCUT2D eigenvalue weighted by atomic mass is 10.1. The Balaban J connectivity index is 1.89. The van der Waals surface area contributed by atoms with E-state index < -0.39 is 0 Å². The molecule has 6 heteroatoms. The Bertz CT molecular complexity index is 1080. The fraction of sp³-hybridized carbons (Fsp3) is 0.100. The molecule has 0 aliphatic carbocycles. The Kier molecular flexibility index (Phi) is 4.26. The van der Waals surface area contributed by atoms with Gasteiger partial charge in [0.2, 0.25) is 0 Å². The Labute approximate surface area is 160 Å². The van der Waals surface area contributed by atoms with Crippen molar-refractivity contribution in [2.75, 3.05) is 0 Å². The summed E-state index contributed by atoms with van der Waals surface area (Å²) < 4.78 is 3.44. The first-order valence-electron chi connectivity index (χ1n) is 8.13. The zero-order chi connectivity index (χ0) is 18.3. The van der Waals surface area contributed by atoms with Gasteiger partial charge >= 0.3 is 0 Å². The quantitative estimate of drug-likeness (QED) is 0.479. The number of rotatable bonds is 3. The third-order valence-corrected chi connectivity index (χ3v) is 5.39. The van der Waals surface area contributed by atoms with Crippen LogP contribution < -0.4 is 0 Å². The molecule has 0 aliphatic heterocycles. The highest BCUT2D eigenvalue weighted by Crippen LogP contribution is 2.36. The van der Waals surface area contributed by atoms with E-state index in [0.29, 0.717) is 9.90 Å². The molecule has 0 fully saturated rings. The van der Waals surface area contributed by atoms with Crippen molar-refractivity contribution >= 4 is 28.8 Å². The third kappa shape index (κ3) is 2.89. The highest BCUT2D eigenvalue weighted by Gasteiger charge is 2.23. The number of nitrogens with zero attached hydrogens (tertiary/aromatic N) is 3. The number of hydrogen-bond donors (Lipinski definition) is 0. The molecule has 0 radical (unpaired) electrons. The van der Waals surface area contributed by atoms with E-state index in [0.717, 1.165) is 28.2 Å². The largest absolute Gasteiger partial charge is 0.322 e. The number of aromatic nitrogens is 3. The second kappa shape index (κ2) is 6.59. The summed E-state index contributed by atoms with van der Waals surface area (Å²) in [6.07, 6.45) is 3.89. The predicted octanol–water partition coefficient (Wildman–Crippen LogP) is 5.36. The van der Waals surface area contributed by atoms with Crippen LogP contribution in [0.3, 0.4) is 0 Å². The van der Waals surface area contributed by atoms with Gasteiger partial charge in [-0.2, -0.15) is 5.10 Å². The molecule has 0 aliphatic rings. The van der Waals surface area contributed by atoms with Crippen molar-refractivity contribution in [2.24, 2.45) is 0 Å². The highest BCUT2D eigenvalue weighted by atomic mass is 35.5. The molecule has 4 rings (SSSR count). The van der Waals surface area contributed by atoms with Crippen LogP contribution in [0, 0.1) is 13.8 Å². The fourth-order valence-electron chi connectivity index (χ4n) is 3.01. The molecule has 0 saturated heterocycles. The molecule has 0 amide bonds. The average Bonchev–Trinajstić information content (AvgIpc) is 3.34. The number of halogens is 1. The van der Waals surface area contributed by atoms with Gasteiger partial charge in [0.25, 0.3) is 5.91 Å². The molecule has 1 aromatic carbocycles. The molecular formula is C20H16ClN3OS. The Morgan fingerprint density at radius 1 is 1.12 bits per heavy atom. The molecule has 26 heavy (non-hydrogen) atoms. The van der Waals surface area contributed by atoms with Crippen LogP contribution in [0.4, 0.5) is 0 Å².